The predicted molar refractivity (Wildman–Crippen MR) is 147 cm³/mol. The van der Waals surface area contributed by atoms with Crippen molar-refractivity contribution in [2.45, 2.75) is 18.4 Å². The van der Waals surface area contributed by atoms with Crippen LogP contribution in [0.15, 0.2) is 108 Å². The Morgan fingerprint density at radius 2 is 1.51 bits per heavy atom. The Balaban J connectivity index is 1.60. The van der Waals surface area contributed by atoms with Crippen molar-refractivity contribution in [2.75, 3.05) is 17.5 Å². The number of carbonyl (C=O) groups is 1. The van der Waals surface area contributed by atoms with Crippen LogP contribution in [0.2, 0.25) is 5.02 Å². The molecule has 0 aliphatic carbocycles. The van der Waals surface area contributed by atoms with Crippen molar-refractivity contribution >= 4 is 33.2 Å². The summed E-state index contributed by atoms with van der Waals surface area (Å²) < 4.78 is 34.6. The van der Waals surface area contributed by atoms with Gasteiger partial charge in [-0.2, -0.15) is 0 Å². The number of sulfonamides is 1. The number of para-hydroxylation sites is 2. The average molecular weight is 535 g/mol. The van der Waals surface area contributed by atoms with Crippen molar-refractivity contribution in [3.05, 3.63) is 125 Å². The predicted octanol–water partition coefficient (Wildman–Crippen LogP) is 5.85. The number of carbonyl (C=O) groups excluding carboxylic acids is 1. The minimum Gasteiger partial charge on any atom is -0.490 e. The number of rotatable bonds is 10. The molecular formula is C29H27ClN2O4S. The van der Waals surface area contributed by atoms with E-state index in [1.807, 2.05) is 43.3 Å². The molecule has 1 N–H and O–H groups in total. The van der Waals surface area contributed by atoms with E-state index in [1.54, 1.807) is 66.7 Å². The van der Waals surface area contributed by atoms with Gasteiger partial charge in [0.25, 0.3) is 15.9 Å². The molecule has 0 saturated carbocycles. The van der Waals surface area contributed by atoms with E-state index in [1.165, 1.54) is 4.31 Å². The van der Waals surface area contributed by atoms with Crippen molar-refractivity contribution in [1.29, 1.82) is 0 Å². The van der Waals surface area contributed by atoms with Gasteiger partial charge in [-0.1, -0.05) is 83.9 Å². The van der Waals surface area contributed by atoms with Gasteiger partial charge >= 0.3 is 0 Å². The van der Waals surface area contributed by atoms with Gasteiger partial charge in [-0.3, -0.25) is 9.10 Å². The highest BCUT2D eigenvalue weighted by Crippen LogP contribution is 2.29. The van der Waals surface area contributed by atoms with E-state index >= 15 is 0 Å². The van der Waals surface area contributed by atoms with Crippen molar-refractivity contribution < 1.29 is 17.9 Å². The third-order valence-electron chi connectivity index (χ3n) is 5.68. The zero-order chi connectivity index (χ0) is 26.3. The Kier molecular flexibility index (Phi) is 8.48. The summed E-state index contributed by atoms with van der Waals surface area (Å²) in [7, 11) is -3.98. The average Bonchev–Trinajstić information content (AvgIpc) is 2.91. The smallest absolute Gasteiger partial charge is 0.264 e. The number of hydrogen-bond donors (Lipinski definition) is 1. The Morgan fingerprint density at radius 1 is 0.865 bits per heavy atom. The molecule has 0 radical (unpaired) electrons. The van der Waals surface area contributed by atoms with E-state index in [2.05, 4.69) is 5.32 Å². The van der Waals surface area contributed by atoms with Gasteiger partial charge in [-0.25, -0.2) is 8.42 Å². The summed E-state index contributed by atoms with van der Waals surface area (Å²) in [5.74, 6) is 0.118. The van der Waals surface area contributed by atoms with E-state index in [9.17, 15) is 13.2 Å². The molecule has 37 heavy (non-hydrogen) atoms. The van der Waals surface area contributed by atoms with Crippen LogP contribution >= 0.6 is 11.6 Å². The molecule has 0 atom stereocenters. The lowest BCUT2D eigenvalue weighted by Gasteiger charge is -2.26. The van der Waals surface area contributed by atoms with Gasteiger partial charge in [0.1, 0.15) is 12.4 Å². The first kappa shape index (κ1) is 26.3. The van der Waals surface area contributed by atoms with E-state index in [0.29, 0.717) is 10.8 Å². The summed E-state index contributed by atoms with van der Waals surface area (Å²) in [6.07, 6.45) is 0. The lowest BCUT2D eigenvalue weighted by Crippen LogP contribution is -2.34. The van der Waals surface area contributed by atoms with Crippen molar-refractivity contribution in [3.8, 4) is 5.75 Å². The summed E-state index contributed by atoms with van der Waals surface area (Å²) >= 11 is 6.11. The molecule has 0 aliphatic rings. The number of hydrogen-bond acceptors (Lipinski definition) is 4. The van der Waals surface area contributed by atoms with E-state index in [4.69, 9.17) is 16.3 Å². The van der Waals surface area contributed by atoms with Crippen LogP contribution in [0.25, 0.3) is 0 Å². The number of ether oxygens (including phenoxy) is 1. The molecule has 0 aliphatic heterocycles. The number of amides is 1. The Hall–Kier alpha value is -3.81. The van der Waals surface area contributed by atoms with Crippen LogP contribution in [-0.4, -0.2) is 27.5 Å². The fraction of sp³-hybridized carbons (Fsp3) is 0.138. The second kappa shape index (κ2) is 12.0. The normalized spacial score (nSPS) is 11.1. The number of benzene rings is 4. The molecule has 8 heteroatoms. The van der Waals surface area contributed by atoms with Crippen LogP contribution in [0.5, 0.6) is 5.75 Å². The maximum atomic E-state index is 13.8. The van der Waals surface area contributed by atoms with Gasteiger partial charge in [0, 0.05) is 0 Å². The molecule has 1 amide bonds. The fourth-order valence-electron chi connectivity index (χ4n) is 3.75. The maximum absolute atomic E-state index is 13.8. The SMILES string of the molecule is Cc1ccc(S(=O)(=O)N(Cc2ccccc2)c2ccccc2C(=O)NCCOc2ccccc2Cl)cc1. The third-order valence-corrected chi connectivity index (χ3v) is 7.76. The largest absolute Gasteiger partial charge is 0.490 e. The topological polar surface area (TPSA) is 75.7 Å². The highest BCUT2D eigenvalue weighted by atomic mass is 35.5. The number of nitrogens with zero attached hydrogens (tertiary/aromatic N) is 1. The Morgan fingerprint density at radius 3 is 2.24 bits per heavy atom. The van der Waals surface area contributed by atoms with Crippen molar-refractivity contribution in [3.63, 3.8) is 0 Å². The summed E-state index contributed by atoms with van der Waals surface area (Å²) in [6.45, 7) is 2.37. The van der Waals surface area contributed by atoms with Crippen LogP contribution in [0.3, 0.4) is 0 Å². The highest BCUT2D eigenvalue weighted by Gasteiger charge is 2.28. The fourth-order valence-corrected chi connectivity index (χ4v) is 5.41. The van der Waals surface area contributed by atoms with Gasteiger partial charge in [-0.15, -0.1) is 0 Å². The van der Waals surface area contributed by atoms with Crippen molar-refractivity contribution in [1.82, 2.24) is 5.32 Å². The number of nitrogens with one attached hydrogen (secondary N) is 1. The molecular weight excluding hydrogens is 508 g/mol. The zero-order valence-corrected chi connectivity index (χ0v) is 21.9. The van der Waals surface area contributed by atoms with Gasteiger partial charge in [0.15, 0.2) is 0 Å². The molecule has 190 valence electrons. The Bertz CT molecular complexity index is 1460. The Labute approximate surface area is 222 Å². The second-order valence-electron chi connectivity index (χ2n) is 8.36. The van der Waals surface area contributed by atoms with E-state index in [-0.39, 0.29) is 35.8 Å². The zero-order valence-electron chi connectivity index (χ0n) is 20.3. The molecule has 0 saturated heterocycles. The van der Waals surface area contributed by atoms with Gasteiger partial charge in [0.2, 0.25) is 0 Å². The van der Waals surface area contributed by atoms with Crippen molar-refractivity contribution in [2.24, 2.45) is 0 Å². The molecule has 4 aromatic rings. The molecule has 0 heterocycles. The minimum absolute atomic E-state index is 0.0664. The molecule has 6 nitrogen and oxygen atoms in total. The summed E-state index contributed by atoms with van der Waals surface area (Å²) in [5, 5.41) is 3.30. The van der Waals surface area contributed by atoms with Crippen LogP contribution in [-0.2, 0) is 16.6 Å². The second-order valence-corrected chi connectivity index (χ2v) is 10.6. The van der Waals surface area contributed by atoms with E-state index < -0.39 is 15.9 Å². The van der Waals surface area contributed by atoms with Crippen LogP contribution in [0.1, 0.15) is 21.5 Å². The summed E-state index contributed by atoms with van der Waals surface area (Å²) in [6, 6.07) is 29.7. The summed E-state index contributed by atoms with van der Waals surface area (Å²) in [4.78, 5) is 13.3. The molecule has 0 spiro atoms. The molecule has 0 unspecified atom stereocenters. The first-order valence-electron chi connectivity index (χ1n) is 11.7. The molecule has 4 aromatic carbocycles. The van der Waals surface area contributed by atoms with Gasteiger partial charge in [-0.05, 0) is 48.9 Å². The molecule has 4 rings (SSSR count). The number of anilines is 1. The minimum atomic E-state index is -3.98. The quantitative estimate of drug-likeness (QED) is 0.259. The van der Waals surface area contributed by atoms with Crippen LogP contribution in [0.4, 0.5) is 5.69 Å². The summed E-state index contributed by atoms with van der Waals surface area (Å²) in [5.41, 5.74) is 2.28. The third kappa shape index (κ3) is 6.50. The van der Waals surface area contributed by atoms with Crippen LogP contribution in [0, 0.1) is 6.92 Å². The van der Waals surface area contributed by atoms with E-state index in [0.717, 1.165) is 11.1 Å². The van der Waals surface area contributed by atoms with Crippen LogP contribution < -0.4 is 14.4 Å². The lowest BCUT2D eigenvalue weighted by molar-refractivity contribution is 0.0947. The first-order valence-corrected chi connectivity index (χ1v) is 13.6. The standard InChI is InChI=1S/C29H27ClN2O4S/c1-22-15-17-24(18-16-22)37(34,35)32(21-23-9-3-2-4-10-23)27-13-7-5-11-25(27)29(33)31-19-20-36-28-14-8-6-12-26(28)30/h2-18H,19-21H2,1H3,(H,31,33). The number of halogens is 1. The maximum Gasteiger partial charge on any atom is 0.264 e. The molecule has 0 bridgehead atoms. The highest BCUT2D eigenvalue weighted by molar-refractivity contribution is 7.92. The monoisotopic (exact) mass is 534 g/mol. The lowest BCUT2D eigenvalue weighted by atomic mass is 10.1. The molecule has 0 aromatic heterocycles. The van der Waals surface area contributed by atoms with Gasteiger partial charge < -0.3 is 10.1 Å². The number of aryl methyl sites for hydroxylation is 1. The molecule has 0 fully saturated rings. The first-order chi connectivity index (χ1) is 17.9. The van der Waals surface area contributed by atoms with Gasteiger partial charge in [0.05, 0.1) is 34.3 Å².